The van der Waals surface area contributed by atoms with Crippen molar-refractivity contribution in [3.63, 3.8) is 0 Å². The van der Waals surface area contributed by atoms with Gasteiger partial charge in [-0.25, -0.2) is 4.98 Å². The van der Waals surface area contributed by atoms with Crippen LogP contribution in [0.1, 0.15) is 5.56 Å². The first kappa shape index (κ1) is 13.7. The Hall–Kier alpha value is -1.73. The number of pyridine rings is 1. The summed E-state index contributed by atoms with van der Waals surface area (Å²) in [4.78, 5) is 16.4. The second-order valence-electron chi connectivity index (χ2n) is 4.67. The highest BCUT2D eigenvalue weighted by atomic mass is 16.6. The lowest BCUT2D eigenvalue weighted by Crippen LogP contribution is -2.44. The number of hydrogen-bond acceptors (Lipinski definition) is 6. The molecule has 1 unspecified atom stereocenters. The minimum absolute atomic E-state index is 0.0187. The Morgan fingerprint density at radius 1 is 1.68 bits per heavy atom. The lowest BCUT2D eigenvalue weighted by molar-refractivity contribution is -0.385. The number of aromatic nitrogens is 1. The largest absolute Gasteiger partial charge is 0.374 e. The maximum absolute atomic E-state index is 10.7. The molecule has 0 spiro atoms. The molecule has 7 nitrogen and oxygen atoms in total. The molecule has 0 amide bonds. The number of nitro groups is 1. The van der Waals surface area contributed by atoms with Crippen molar-refractivity contribution >= 4 is 11.5 Å². The summed E-state index contributed by atoms with van der Waals surface area (Å²) in [6.07, 6.45) is 1.41. The van der Waals surface area contributed by atoms with Crippen LogP contribution in [0.3, 0.4) is 0 Å². The first-order valence-electron chi connectivity index (χ1n) is 6.22. The highest BCUT2D eigenvalue weighted by molar-refractivity contribution is 5.49. The van der Waals surface area contributed by atoms with Gasteiger partial charge in [0.15, 0.2) is 0 Å². The molecular weight excluding hydrogens is 248 g/mol. The fourth-order valence-electron chi connectivity index (χ4n) is 2.18. The molecule has 1 fully saturated rings. The molecular formula is C12H18N4O3. The lowest BCUT2D eigenvalue weighted by Gasteiger charge is -2.29. The van der Waals surface area contributed by atoms with Gasteiger partial charge >= 0.3 is 0 Å². The van der Waals surface area contributed by atoms with Crippen molar-refractivity contribution in [2.75, 3.05) is 38.2 Å². The van der Waals surface area contributed by atoms with Crippen LogP contribution in [-0.2, 0) is 4.74 Å². The number of nitrogens with zero attached hydrogens (tertiary/aromatic N) is 3. The van der Waals surface area contributed by atoms with E-state index in [1.54, 1.807) is 6.07 Å². The molecule has 2 heterocycles. The molecule has 1 N–H and O–H groups in total. The summed E-state index contributed by atoms with van der Waals surface area (Å²) in [5.74, 6) is 0.750. The Bertz CT molecular complexity index is 460. The van der Waals surface area contributed by atoms with Gasteiger partial charge in [0.1, 0.15) is 12.0 Å². The van der Waals surface area contributed by atoms with Crippen molar-refractivity contribution in [1.29, 1.82) is 0 Å². The first-order valence-corrected chi connectivity index (χ1v) is 6.22. The molecule has 1 saturated heterocycles. The number of anilines is 1. The Labute approximate surface area is 111 Å². The predicted octanol–water partition coefficient (Wildman–Crippen LogP) is 0.723. The van der Waals surface area contributed by atoms with Gasteiger partial charge in [-0.3, -0.25) is 10.1 Å². The molecule has 19 heavy (non-hydrogen) atoms. The quantitative estimate of drug-likeness (QED) is 0.639. The third-order valence-electron chi connectivity index (χ3n) is 3.09. The average molecular weight is 266 g/mol. The fraction of sp³-hybridized carbons (Fsp3) is 0.583. The summed E-state index contributed by atoms with van der Waals surface area (Å²) in [5.41, 5.74) is 0.811. The fourth-order valence-corrected chi connectivity index (χ4v) is 2.18. The Morgan fingerprint density at radius 2 is 2.47 bits per heavy atom. The molecule has 1 aliphatic rings. The maximum Gasteiger partial charge on any atom is 0.287 e. The summed E-state index contributed by atoms with van der Waals surface area (Å²) < 4.78 is 5.63. The molecule has 0 bridgehead atoms. The van der Waals surface area contributed by atoms with Gasteiger partial charge in [0.2, 0.25) is 0 Å². The highest BCUT2D eigenvalue weighted by Crippen LogP contribution is 2.21. The molecule has 7 heteroatoms. The van der Waals surface area contributed by atoms with Gasteiger partial charge in [-0.1, -0.05) is 0 Å². The van der Waals surface area contributed by atoms with Gasteiger partial charge in [0.25, 0.3) is 5.69 Å². The standard InChI is InChI=1S/C12H18N4O3/c1-9-5-10(16(17)18)6-14-12(9)15(2)8-11-7-13-3-4-19-11/h5-6,11,13H,3-4,7-8H2,1-2H3. The van der Waals surface area contributed by atoms with E-state index in [-0.39, 0.29) is 11.8 Å². The van der Waals surface area contributed by atoms with E-state index in [4.69, 9.17) is 4.74 Å². The van der Waals surface area contributed by atoms with Crippen LogP contribution in [-0.4, -0.2) is 49.3 Å². The second kappa shape index (κ2) is 5.94. The Morgan fingerprint density at radius 3 is 3.05 bits per heavy atom. The van der Waals surface area contributed by atoms with E-state index in [9.17, 15) is 10.1 Å². The van der Waals surface area contributed by atoms with Gasteiger partial charge in [-0.2, -0.15) is 0 Å². The van der Waals surface area contributed by atoms with Crippen LogP contribution in [0.4, 0.5) is 11.5 Å². The van der Waals surface area contributed by atoms with Crippen molar-refractivity contribution < 1.29 is 9.66 Å². The van der Waals surface area contributed by atoms with Gasteiger partial charge in [0, 0.05) is 32.7 Å². The zero-order valence-electron chi connectivity index (χ0n) is 11.1. The van der Waals surface area contributed by atoms with Crippen LogP contribution in [0, 0.1) is 17.0 Å². The normalized spacial score (nSPS) is 19.2. The molecule has 2 rings (SSSR count). The number of hydrogen-bond donors (Lipinski definition) is 1. The molecule has 1 aliphatic heterocycles. The van der Waals surface area contributed by atoms with Gasteiger partial charge in [-0.15, -0.1) is 0 Å². The zero-order valence-corrected chi connectivity index (χ0v) is 11.1. The summed E-state index contributed by atoms with van der Waals surface area (Å²) in [6, 6.07) is 1.54. The van der Waals surface area contributed by atoms with Crippen LogP contribution < -0.4 is 10.2 Å². The maximum atomic E-state index is 10.7. The predicted molar refractivity (Wildman–Crippen MR) is 71.5 cm³/mol. The smallest absolute Gasteiger partial charge is 0.287 e. The molecule has 0 saturated carbocycles. The van der Waals surface area contributed by atoms with E-state index >= 15 is 0 Å². The van der Waals surface area contributed by atoms with Crippen molar-refractivity contribution in [3.05, 3.63) is 27.9 Å². The number of nitrogens with one attached hydrogen (secondary N) is 1. The Balaban J connectivity index is 2.05. The summed E-state index contributed by atoms with van der Waals surface area (Å²) >= 11 is 0. The number of morpholine rings is 1. The molecule has 0 radical (unpaired) electrons. The van der Waals surface area contributed by atoms with Crippen molar-refractivity contribution in [2.45, 2.75) is 13.0 Å². The molecule has 1 aromatic rings. The first-order chi connectivity index (χ1) is 9.08. The molecule has 104 valence electrons. The van der Waals surface area contributed by atoms with Gasteiger partial charge < -0.3 is 15.0 Å². The van der Waals surface area contributed by atoms with Crippen molar-refractivity contribution in [3.8, 4) is 0 Å². The van der Waals surface area contributed by atoms with E-state index in [1.807, 2.05) is 18.9 Å². The number of ether oxygens (including phenoxy) is 1. The van der Waals surface area contributed by atoms with E-state index in [1.165, 1.54) is 6.20 Å². The molecule has 0 aromatic carbocycles. The minimum atomic E-state index is -0.433. The summed E-state index contributed by atoms with van der Waals surface area (Å²) in [7, 11) is 1.92. The average Bonchev–Trinajstić information content (AvgIpc) is 2.39. The minimum Gasteiger partial charge on any atom is -0.374 e. The topological polar surface area (TPSA) is 80.5 Å². The van der Waals surface area contributed by atoms with E-state index in [0.29, 0.717) is 13.2 Å². The molecule has 1 aromatic heterocycles. The lowest BCUT2D eigenvalue weighted by atomic mass is 10.2. The van der Waals surface area contributed by atoms with Crippen molar-refractivity contribution in [2.24, 2.45) is 0 Å². The van der Waals surface area contributed by atoms with Gasteiger partial charge in [-0.05, 0) is 12.5 Å². The third-order valence-corrected chi connectivity index (χ3v) is 3.09. The van der Waals surface area contributed by atoms with Gasteiger partial charge in [0.05, 0.1) is 17.6 Å². The van der Waals surface area contributed by atoms with Crippen LogP contribution in [0.15, 0.2) is 12.3 Å². The monoisotopic (exact) mass is 266 g/mol. The number of aryl methyl sites for hydroxylation is 1. The number of likely N-dealkylation sites (N-methyl/N-ethyl adjacent to an activating group) is 1. The van der Waals surface area contributed by atoms with E-state index in [2.05, 4.69) is 10.3 Å². The molecule has 0 aliphatic carbocycles. The SMILES string of the molecule is Cc1cc([N+](=O)[O-])cnc1N(C)CC1CNCCO1. The summed E-state index contributed by atoms with van der Waals surface area (Å²) in [5, 5.41) is 13.9. The van der Waals surface area contributed by atoms with Crippen LogP contribution in [0.5, 0.6) is 0 Å². The van der Waals surface area contributed by atoms with Crippen molar-refractivity contribution in [1.82, 2.24) is 10.3 Å². The van der Waals surface area contributed by atoms with Crippen LogP contribution in [0.2, 0.25) is 0 Å². The van der Waals surface area contributed by atoms with Crippen LogP contribution in [0.25, 0.3) is 0 Å². The third kappa shape index (κ3) is 3.39. The second-order valence-corrected chi connectivity index (χ2v) is 4.67. The van der Waals surface area contributed by atoms with E-state index < -0.39 is 4.92 Å². The zero-order chi connectivity index (χ0) is 13.8. The summed E-state index contributed by atoms with van der Waals surface area (Å²) in [6.45, 7) is 4.95. The van der Waals surface area contributed by atoms with E-state index in [0.717, 1.165) is 24.5 Å². The highest BCUT2D eigenvalue weighted by Gasteiger charge is 2.18. The van der Waals surface area contributed by atoms with Crippen LogP contribution >= 0.6 is 0 Å². The Kier molecular flexibility index (Phi) is 4.28. The molecule has 1 atom stereocenters. The number of rotatable bonds is 4.